The standard InChI is InChI=1S/C36H42N2O7SSi/c1-6-22-38(27-14-9-8-10-15-27)29-19-21-31-34(26-29)45-33-25-28(37(7-2)23-13-24-47(42-3,43-4)44-5)18-20-30(33)36(31)32-16-11-12-17-35(32)46(39,40)41/h8-12,14-21,25-26H,6-7,13,22-24H2,1-5H3/p+1. The molecule has 9 nitrogen and oxygen atoms in total. The first-order valence-corrected chi connectivity index (χ1v) is 19.2. The van der Waals surface area contributed by atoms with E-state index in [1.165, 1.54) is 6.07 Å². The molecular weight excluding hydrogens is 633 g/mol. The van der Waals surface area contributed by atoms with Gasteiger partial charge < -0.3 is 22.6 Å². The molecule has 5 rings (SSSR count). The van der Waals surface area contributed by atoms with Crippen molar-refractivity contribution in [2.45, 2.75) is 37.6 Å². The summed E-state index contributed by atoms with van der Waals surface area (Å²) < 4.78 is 61.2. The van der Waals surface area contributed by atoms with Gasteiger partial charge in [-0.3, -0.25) is 4.55 Å². The van der Waals surface area contributed by atoms with E-state index in [9.17, 15) is 13.0 Å². The molecule has 0 saturated carbocycles. The van der Waals surface area contributed by atoms with Crippen molar-refractivity contribution in [3.8, 4) is 22.5 Å². The first-order chi connectivity index (χ1) is 22.7. The van der Waals surface area contributed by atoms with Crippen molar-refractivity contribution in [3.63, 3.8) is 0 Å². The minimum atomic E-state index is -4.51. The van der Waals surface area contributed by atoms with Crippen molar-refractivity contribution in [2.75, 3.05) is 45.9 Å². The molecule has 11 heteroatoms. The SMILES string of the molecule is CCCN(c1ccccc1)c1ccc2c(-c3ccccc3S(=O)(=O)O)c3ccc(=[N+](CC)CCC[Si](OC)(OC)OC)cc-3oc2c1. The van der Waals surface area contributed by atoms with E-state index < -0.39 is 18.9 Å². The van der Waals surface area contributed by atoms with Crippen molar-refractivity contribution in [3.05, 3.63) is 96.4 Å². The van der Waals surface area contributed by atoms with Gasteiger partial charge in [0.25, 0.3) is 10.1 Å². The van der Waals surface area contributed by atoms with Crippen LogP contribution in [0.25, 0.3) is 33.4 Å². The quantitative estimate of drug-likeness (QED) is 0.0578. The Morgan fingerprint density at radius 1 is 0.830 bits per heavy atom. The Bertz CT molecular complexity index is 1970. The molecular formula is C36H43N2O7SSi+. The maximum atomic E-state index is 12.6. The Hall–Kier alpha value is -3.84. The third kappa shape index (κ3) is 7.35. The Balaban J connectivity index is 1.73. The molecule has 2 aliphatic rings. The van der Waals surface area contributed by atoms with E-state index in [2.05, 4.69) is 35.5 Å². The summed E-state index contributed by atoms with van der Waals surface area (Å²) in [7, 11) is -2.35. The first kappa shape index (κ1) is 34.5. The number of hydrogen-bond donors (Lipinski definition) is 1. The monoisotopic (exact) mass is 675 g/mol. The number of anilines is 2. The van der Waals surface area contributed by atoms with Crippen LogP contribution in [0.2, 0.25) is 6.04 Å². The third-order valence-electron chi connectivity index (χ3n) is 8.54. The lowest BCUT2D eigenvalue weighted by atomic mass is 9.93. The van der Waals surface area contributed by atoms with Gasteiger partial charge in [0.15, 0.2) is 0 Å². The zero-order valence-corrected chi connectivity index (χ0v) is 29.4. The normalized spacial score (nSPS) is 12.9. The van der Waals surface area contributed by atoms with Crippen LogP contribution in [0.5, 0.6) is 0 Å². The Labute approximate surface area is 278 Å². The minimum absolute atomic E-state index is 0.156. The van der Waals surface area contributed by atoms with E-state index in [1.807, 2.05) is 54.6 Å². The second kappa shape index (κ2) is 14.9. The highest BCUT2D eigenvalue weighted by molar-refractivity contribution is 7.86. The number of nitrogens with zero attached hydrogens (tertiary/aromatic N) is 2. The van der Waals surface area contributed by atoms with Crippen molar-refractivity contribution >= 4 is 41.3 Å². The van der Waals surface area contributed by atoms with Crippen molar-refractivity contribution in [1.82, 2.24) is 4.58 Å². The van der Waals surface area contributed by atoms with Crippen LogP contribution in [0, 0.1) is 0 Å². The van der Waals surface area contributed by atoms with Crippen molar-refractivity contribution in [2.24, 2.45) is 0 Å². The van der Waals surface area contributed by atoms with Gasteiger partial charge in [0.2, 0.25) is 5.36 Å². The van der Waals surface area contributed by atoms with Crippen LogP contribution in [-0.2, 0) is 23.4 Å². The van der Waals surface area contributed by atoms with E-state index in [0.29, 0.717) is 28.5 Å². The largest absolute Gasteiger partial charge is 0.500 e. The highest BCUT2D eigenvalue weighted by Gasteiger charge is 2.37. The van der Waals surface area contributed by atoms with Gasteiger partial charge in [-0.15, -0.1) is 0 Å². The second-order valence-corrected chi connectivity index (χ2v) is 15.8. The Kier molecular flexibility index (Phi) is 11.0. The molecule has 0 atom stereocenters. The molecule has 0 spiro atoms. The molecule has 0 amide bonds. The maximum Gasteiger partial charge on any atom is 0.500 e. The molecule has 248 valence electrons. The summed E-state index contributed by atoms with van der Waals surface area (Å²) in [4.78, 5) is 2.08. The topological polar surface area (TPSA) is 101 Å². The zero-order chi connectivity index (χ0) is 33.6. The average molecular weight is 676 g/mol. The molecule has 47 heavy (non-hydrogen) atoms. The van der Waals surface area contributed by atoms with Crippen LogP contribution in [0.4, 0.5) is 11.4 Å². The van der Waals surface area contributed by atoms with Crippen molar-refractivity contribution < 1.29 is 30.7 Å². The van der Waals surface area contributed by atoms with Crippen LogP contribution in [0.15, 0.2) is 100 Å². The highest BCUT2D eigenvalue weighted by Crippen LogP contribution is 2.43. The van der Waals surface area contributed by atoms with Gasteiger partial charge in [-0.1, -0.05) is 43.3 Å². The summed E-state index contributed by atoms with van der Waals surface area (Å²) >= 11 is 0. The van der Waals surface area contributed by atoms with E-state index in [-0.39, 0.29) is 4.90 Å². The van der Waals surface area contributed by atoms with Gasteiger partial charge in [0.1, 0.15) is 29.3 Å². The van der Waals surface area contributed by atoms with E-state index in [4.69, 9.17) is 17.7 Å². The van der Waals surface area contributed by atoms with Gasteiger partial charge in [0.05, 0.1) is 6.07 Å². The fourth-order valence-corrected chi connectivity index (χ4v) is 8.57. The van der Waals surface area contributed by atoms with Crippen molar-refractivity contribution in [1.29, 1.82) is 0 Å². The predicted molar refractivity (Wildman–Crippen MR) is 189 cm³/mol. The number of para-hydroxylation sites is 1. The molecule has 0 radical (unpaired) electrons. The van der Waals surface area contributed by atoms with Crippen LogP contribution in [-0.4, -0.2) is 62.7 Å². The molecule has 3 aromatic rings. The lowest BCUT2D eigenvalue weighted by molar-refractivity contribution is 0.123. The summed E-state index contributed by atoms with van der Waals surface area (Å²) in [6, 6.07) is 29.4. The molecule has 1 heterocycles. The molecule has 0 unspecified atom stereocenters. The second-order valence-electron chi connectivity index (χ2n) is 11.3. The molecule has 0 saturated heterocycles. The molecule has 1 N–H and O–H groups in total. The fourth-order valence-electron chi connectivity index (χ4n) is 6.17. The summed E-state index contributed by atoms with van der Waals surface area (Å²) in [6.07, 6.45) is 1.74. The van der Waals surface area contributed by atoms with Gasteiger partial charge in [-0.05, 0) is 49.7 Å². The summed E-state index contributed by atoms with van der Waals surface area (Å²) in [5.41, 5.74) is 4.43. The van der Waals surface area contributed by atoms with Gasteiger partial charge in [-0.2, -0.15) is 8.42 Å². The lowest BCUT2D eigenvalue weighted by Crippen LogP contribution is -2.43. The summed E-state index contributed by atoms with van der Waals surface area (Å²) in [5, 5.41) is 1.70. The highest BCUT2D eigenvalue weighted by atomic mass is 32.2. The van der Waals surface area contributed by atoms with Gasteiger partial charge in [0, 0.05) is 85.9 Å². The molecule has 0 bridgehead atoms. The van der Waals surface area contributed by atoms with E-state index >= 15 is 0 Å². The van der Waals surface area contributed by atoms with Gasteiger partial charge in [-0.25, -0.2) is 4.58 Å². The zero-order valence-electron chi connectivity index (χ0n) is 27.6. The molecule has 0 fully saturated rings. The van der Waals surface area contributed by atoms with Crippen LogP contribution in [0.3, 0.4) is 0 Å². The van der Waals surface area contributed by atoms with E-state index in [1.54, 1.807) is 39.5 Å². The number of rotatable bonds is 14. The average Bonchev–Trinajstić information content (AvgIpc) is 3.09. The lowest BCUT2D eigenvalue weighted by Gasteiger charge is -2.25. The fraction of sp³-hybridized carbons (Fsp3) is 0.306. The Morgan fingerprint density at radius 3 is 2.19 bits per heavy atom. The predicted octanol–water partition coefficient (Wildman–Crippen LogP) is 7.06. The first-order valence-electron chi connectivity index (χ1n) is 15.8. The molecule has 1 aliphatic heterocycles. The Morgan fingerprint density at radius 2 is 1.53 bits per heavy atom. The minimum Gasteiger partial charge on any atom is -0.456 e. The number of benzene rings is 4. The molecule has 3 aromatic carbocycles. The van der Waals surface area contributed by atoms with Crippen LogP contribution >= 0.6 is 0 Å². The maximum absolute atomic E-state index is 12.6. The van der Waals surface area contributed by atoms with Gasteiger partial charge >= 0.3 is 8.80 Å². The number of hydrogen-bond acceptors (Lipinski definition) is 7. The van der Waals surface area contributed by atoms with Crippen LogP contribution < -0.4 is 14.8 Å². The molecule has 1 aliphatic carbocycles. The third-order valence-corrected chi connectivity index (χ3v) is 12.3. The summed E-state index contributed by atoms with van der Waals surface area (Å²) in [6.45, 7) is 6.54. The molecule has 0 aromatic heterocycles. The summed E-state index contributed by atoms with van der Waals surface area (Å²) in [5.74, 6) is 0.599. The smallest absolute Gasteiger partial charge is 0.456 e. The van der Waals surface area contributed by atoms with Crippen LogP contribution in [0.1, 0.15) is 26.7 Å². The number of fused-ring (bicyclic) bond motifs is 2. The van der Waals surface area contributed by atoms with E-state index in [0.717, 1.165) is 60.2 Å².